The zero-order valence-electron chi connectivity index (χ0n) is 10.9. The minimum Gasteiger partial charge on any atom is -0.299 e. The van der Waals surface area contributed by atoms with E-state index in [9.17, 15) is 4.79 Å². The summed E-state index contributed by atoms with van der Waals surface area (Å²) < 4.78 is 0. The molecule has 2 rings (SSSR count). The fourth-order valence-corrected chi connectivity index (χ4v) is 2.35. The first kappa shape index (κ1) is 14.8. The Kier molecular flexibility index (Phi) is 5.40. The second kappa shape index (κ2) is 7.28. The van der Waals surface area contributed by atoms with Crippen molar-refractivity contribution in [2.75, 3.05) is 0 Å². The SMILES string of the molecule is O=C/C=C(/CCc1ccc(Cl)c(Cl)c1)c1ccccc1. The number of hydrogen-bond acceptors (Lipinski definition) is 1. The molecule has 0 spiro atoms. The first-order valence-electron chi connectivity index (χ1n) is 6.34. The van der Waals surface area contributed by atoms with E-state index in [-0.39, 0.29) is 0 Å². The Hall–Kier alpha value is -1.57. The number of aryl methyl sites for hydroxylation is 1. The highest BCUT2D eigenvalue weighted by atomic mass is 35.5. The Labute approximate surface area is 128 Å². The van der Waals surface area contributed by atoms with Crippen molar-refractivity contribution < 1.29 is 4.79 Å². The van der Waals surface area contributed by atoms with Gasteiger partial charge in [-0.05, 0) is 47.8 Å². The van der Waals surface area contributed by atoms with Crippen LogP contribution in [-0.4, -0.2) is 6.29 Å². The van der Waals surface area contributed by atoms with Crippen LogP contribution in [0.3, 0.4) is 0 Å². The van der Waals surface area contributed by atoms with Gasteiger partial charge in [-0.3, -0.25) is 4.79 Å². The molecular weight excluding hydrogens is 291 g/mol. The van der Waals surface area contributed by atoms with E-state index >= 15 is 0 Å². The summed E-state index contributed by atoms with van der Waals surface area (Å²) in [5, 5.41) is 1.12. The molecule has 0 heterocycles. The lowest BCUT2D eigenvalue weighted by molar-refractivity contribution is -0.104. The first-order valence-corrected chi connectivity index (χ1v) is 7.10. The molecule has 0 fully saturated rings. The van der Waals surface area contributed by atoms with E-state index < -0.39 is 0 Å². The van der Waals surface area contributed by atoms with Gasteiger partial charge < -0.3 is 0 Å². The van der Waals surface area contributed by atoms with E-state index in [4.69, 9.17) is 23.2 Å². The van der Waals surface area contributed by atoms with Gasteiger partial charge in [0.05, 0.1) is 10.0 Å². The van der Waals surface area contributed by atoms with Crippen molar-refractivity contribution >= 4 is 35.1 Å². The number of allylic oxidation sites excluding steroid dienone is 2. The average molecular weight is 305 g/mol. The molecule has 20 heavy (non-hydrogen) atoms. The van der Waals surface area contributed by atoms with E-state index in [0.29, 0.717) is 10.0 Å². The predicted molar refractivity (Wildman–Crippen MR) is 85.3 cm³/mol. The van der Waals surface area contributed by atoms with Crippen LogP contribution < -0.4 is 0 Å². The molecule has 0 aliphatic heterocycles. The molecule has 0 saturated heterocycles. The second-order valence-corrected chi connectivity index (χ2v) is 5.26. The van der Waals surface area contributed by atoms with E-state index in [1.807, 2.05) is 42.5 Å². The van der Waals surface area contributed by atoms with Crippen molar-refractivity contribution in [3.8, 4) is 0 Å². The summed E-state index contributed by atoms with van der Waals surface area (Å²) >= 11 is 11.9. The molecule has 0 aliphatic rings. The number of halogens is 2. The lowest BCUT2D eigenvalue weighted by Gasteiger charge is -2.08. The van der Waals surface area contributed by atoms with E-state index in [2.05, 4.69) is 0 Å². The second-order valence-electron chi connectivity index (χ2n) is 4.44. The quantitative estimate of drug-likeness (QED) is 0.547. The number of carbonyl (C=O) groups excluding carboxylic acids is 1. The molecule has 2 aromatic rings. The molecule has 0 bridgehead atoms. The van der Waals surface area contributed by atoms with Crippen LogP contribution in [0.25, 0.3) is 5.57 Å². The Morgan fingerprint density at radius 2 is 1.75 bits per heavy atom. The summed E-state index contributed by atoms with van der Waals surface area (Å²) in [7, 11) is 0. The zero-order chi connectivity index (χ0) is 14.4. The maximum Gasteiger partial charge on any atom is 0.143 e. The molecule has 0 amide bonds. The van der Waals surface area contributed by atoms with Gasteiger partial charge in [0.25, 0.3) is 0 Å². The van der Waals surface area contributed by atoms with Crippen LogP contribution in [0.2, 0.25) is 10.0 Å². The van der Waals surface area contributed by atoms with Crippen LogP contribution >= 0.6 is 23.2 Å². The predicted octanol–water partition coefficient (Wildman–Crippen LogP) is 5.21. The summed E-state index contributed by atoms with van der Waals surface area (Å²) in [5.41, 5.74) is 3.19. The Morgan fingerprint density at radius 1 is 1.00 bits per heavy atom. The standard InChI is InChI=1S/C17H14Cl2O/c18-16-9-7-13(12-17(16)19)6-8-15(10-11-20)14-4-2-1-3-5-14/h1-5,7,9-12H,6,8H2/b15-10-. The summed E-state index contributed by atoms with van der Waals surface area (Å²) in [6, 6.07) is 15.5. The van der Waals surface area contributed by atoms with Crippen LogP contribution in [0.1, 0.15) is 17.5 Å². The maximum atomic E-state index is 10.8. The molecule has 0 atom stereocenters. The minimum absolute atomic E-state index is 0.558. The largest absolute Gasteiger partial charge is 0.299 e. The fraction of sp³-hybridized carbons (Fsp3) is 0.118. The highest BCUT2D eigenvalue weighted by molar-refractivity contribution is 6.42. The summed E-state index contributed by atoms with van der Waals surface area (Å²) in [6.45, 7) is 0. The Bertz CT molecular complexity index is 618. The average Bonchev–Trinajstić information content (AvgIpc) is 2.48. The normalized spacial score (nSPS) is 11.4. The lowest BCUT2D eigenvalue weighted by Crippen LogP contribution is -1.91. The molecule has 2 aromatic carbocycles. The number of carbonyl (C=O) groups is 1. The minimum atomic E-state index is 0.558. The molecule has 0 aromatic heterocycles. The van der Waals surface area contributed by atoms with E-state index in [1.165, 1.54) is 0 Å². The highest BCUT2D eigenvalue weighted by Gasteiger charge is 2.04. The van der Waals surface area contributed by atoms with Gasteiger partial charge >= 0.3 is 0 Å². The maximum absolute atomic E-state index is 10.8. The molecule has 0 aliphatic carbocycles. The zero-order valence-corrected chi connectivity index (χ0v) is 12.4. The molecule has 0 N–H and O–H groups in total. The van der Waals surface area contributed by atoms with Crippen molar-refractivity contribution in [1.82, 2.24) is 0 Å². The third-order valence-corrected chi connectivity index (χ3v) is 3.82. The van der Waals surface area contributed by atoms with E-state index in [0.717, 1.165) is 35.8 Å². The molecule has 0 radical (unpaired) electrons. The smallest absolute Gasteiger partial charge is 0.143 e. The van der Waals surface area contributed by atoms with Gasteiger partial charge in [0.1, 0.15) is 6.29 Å². The summed E-state index contributed by atoms with van der Waals surface area (Å²) in [6.07, 6.45) is 4.04. The van der Waals surface area contributed by atoms with Gasteiger partial charge in [0, 0.05) is 0 Å². The monoisotopic (exact) mass is 304 g/mol. The topological polar surface area (TPSA) is 17.1 Å². The fourth-order valence-electron chi connectivity index (χ4n) is 2.03. The first-order chi connectivity index (χ1) is 9.70. The Balaban J connectivity index is 2.12. The van der Waals surface area contributed by atoms with Crippen molar-refractivity contribution in [2.24, 2.45) is 0 Å². The van der Waals surface area contributed by atoms with E-state index in [1.54, 1.807) is 12.1 Å². The van der Waals surface area contributed by atoms with Crippen molar-refractivity contribution in [3.63, 3.8) is 0 Å². The molecule has 1 nitrogen and oxygen atoms in total. The van der Waals surface area contributed by atoms with Crippen LogP contribution in [-0.2, 0) is 11.2 Å². The number of aldehydes is 1. The van der Waals surface area contributed by atoms with Gasteiger partial charge in [0.15, 0.2) is 0 Å². The molecule has 102 valence electrons. The van der Waals surface area contributed by atoms with Crippen LogP contribution in [0.4, 0.5) is 0 Å². The number of benzene rings is 2. The third-order valence-electron chi connectivity index (χ3n) is 3.08. The molecule has 3 heteroatoms. The van der Waals surface area contributed by atoms with Crippen molar-refractivity contribution in [1.29, 1.82) is 0 Å². The Morgan fingerprint density at radius 3 is 2.40 bits per heavy atom. The third kappa shape index (κ3) is 3.96. The van der Waals surface area contributed by atoms with Crippen LogP contribution in [0, 0.1) is 0 Å². The van der Waals surface area contributed by atoms with Crippen molar-refractivity contribution in [3.05, 3.63) is 75.8 Å². The highest BCUT2D eigenvalue weighted by Crippen LogP contribution is 2.25. The summed E-state index contributed by atoms with van der Waals surface area (Å²) in [4.78, 5) is 10.8. The lowest BCUT2D eigenvalue weighted by atomic mass is 9.98. The number of rotatable bonds is 5. The summed E-state index contributed by atoms with van der Waals surface area (Å²) in [5.74, 6) is 0. The van der Waals surface area contributed by atoms with Gasteiger partial charge in [-0.2, -0.15) is 0 Å². The van der Waals surface area contributed by atoms with Gasteiger partial charge in [-0.25, -0.2) is 0 Å². The molecular formula is C17H14Cl2O. The van der Waals surface area contributed by atoms with Crippen LogP contribution in [0.5, 0.6) is 0 Å². The van der Waals surface area contributed by atoms with Gasteiger partial charge in [-0.15, -0.1) is 0 Å². The van der Waals surface area contributed by atoms with Gasteiger partial charge in [-0.1, -0.05) is 59.6 Å². The molecule has 0 unspecified atom stereocenters. The number of hydrogen-bond donors (Lipinski definition) is 0. The van der Waals surface area contributed by atoms with Gasteiger partial charge in [0.2, 0.25) is 0 Å². The van der Waals surface area contributed by atoms with Crippen molar-refractivity contribution in [2.45, 2.75) is 12.8 Å². The van der Waals surface area contributed by atoms with Crippen LogP contribution in [0.15, 0.2) is 54.6 Å². The molecule has 0 saturated carbocycles.